The number of carbonyl (C=O) groups excluding carboxylic acids is 2. The van der Waals surface area contributed by atoms with Crippen LogP contribution in [0, 0.1) is 0 Å². The van der Waals surface area contributed by atoms with Crippen molar-refractivity contribution in [2.75, 3.05) is 51.0 Å². The quantitative estimate of drug-likeness (QED) is 0.0250. The van der Waals surface area contributed by atoms with Crippen molar-refractivity contribution >= 4 is 53.3 Å². The van der Waals surface area contributed by atoms with E-state index in [0.717, 1.165) is 34.7 Å². The Labute approximate surface area is 330 Å². The molecule has 5 rings (SSSR count). The molecule has 0 radical (unpaired) electrons. The second kappa shape index (κ2) is 19.9. The van der Waals surface area contributed by atoms with Crippen molar-refractivity contribution in [3.05, 3.63) is 155 Å². The number of ether oxygens (including phenoxy) is 2. The van der Waals surface area contributed by atoms with Crippen LogP contribution in [0.25, 0.3) is 17.0 Å². The van der Waals surface area contributed by atoms with Crippen LogP contribution in [0.1, 0.15) is 50.5 Å². The van der Waals surface area contributed by atoms with Gasteiger partial charge in [-0.15, -0.1) is 0 Å². The second-order valence-corrected chi connectivity index (χ2v) is 18.5. The molecule has 1 N–H and O–H groups in total. The fourth-order valence-corrected chi connectivity index (χ4v) is 11.2. The third-order valence-corrected chi connectivity index (χ3v) is 14.6. The molecule has 1 aromatic heterocycles. The van der Waals surface area contributed by atoms with E-state index in [0.29, 0.717) is 16.5 Å². The Morgan fingerprint density at radius 2 is 1.43 bits per heavy atom. The van der Waals surface area contributed by atoms with Gasteiger partial charge in [-0.1, -0.05) is 118 Å². The number of rotatable bonds is 18. The molecule has 56 heavy (non-hydrogen) atoms. The van der Waals surface area contributed by atoms with Gasteiger partial charge in [-0.05, 0) is 65.2 Å². The van der Waals surface area contributed by atoms with Gasteiger partial charge >= 0.3 is 11.6 Å². The minimum absolute atomic E-state index is 0.00258. The lowest BCUT2D eigenvalue weighted by atomic mass is 10.1. The average Bonchev–Trinajstić information content (AvgIpc) is 3.20. The molecule has 1 heterocycles. The van der Waals surface area contributed by atoms with Crippen LogP contribution in [-0.2, 0) is 18.7 Å². The minimum Gasteiger partial charge on any atom is -0.460 e. The first-order valence-electron chi connectivity index (χ1n) is 19.1. The highest BCUT2D eigenvalue weighted by atomic mass is 28.4. The first kappa shape index (κ1) is 41.6. The molecule has 0 fully saturated rings. The lowest BCUT2D eigenvalue weighted by Gasteiger charge is -2.42. The summed E-state index contributed by atoms with van der Waals surface area (Å²) in [6, 6.07) is 37.6. The lowest BCUT2D eigenvalue weighted by Crippen LogP contribution is -2.66. The van der Waals surface area contributed by atoms with Crippen LogP contribution < -0.4 is 26.2 Å². The van der Waals surface area contributed by atoms with Gasteiger partial charge in [0.25, 0.3) is 14.2 Å². The average molecular weight is 773 g/mol. The van der Waals surface area contributed by atoms with Crippen LogP contribution in [0.15, 0.2) is 142 Å². The van der Waals surface area contributed by atoms with E-state index < -0.39 is 25.8 Å². The molecular weight excluding hydrogens is 721 g/mol. The van der Waals surface area contributed by atoms with E-state index in [1.54, 1.807) is 18.2 Å². The maximum atomic E-state index is 13.5. The van der Waals surface area contributed by atoms with E-state index in [1.165, 1.54) is 0 Å². The molecule has 10 heteroatoms. The third-order valence-electron chi connectivity index (χ3n) is 9.60. The molecule has 9 nitrogen and oxygen atoms in total. The third kappa shape index (κ3) is 10.4. The first-order chi connectivity index (χ1) is 27.1. The number of esters is 1. The number of nitrogens with zero attached hydrogens (tertiary/aromatic N) is 1. The van der Waals surface area contributed by atoms with E-state index in [9.17, 15) is 14.4 Å². The summed E-state index contributed by atoms with van der Waals surface area (Å²) in [5.41, 5.74) is 1.88. The SMILES string of the molecule is CCN(CC)c1ccc2cc(C(=O)NCCOCCOC(=O)C(/C=C/c3ccccc3)=C/CO[Si](c3ccccc3)(c3ccccc3)C(C)(C)C)c(=O)oc2c1. The normalized spacial score (nSPS) is 12.2. The van der Waals surface area contributed by atoms with Gasteiger partial charge in [0.1, 0.15) is 17.8 Å². The number of carbonyl (C=O) groups is 2. The van der Waals surface area contributed by atoms with Gasteiger partial charge in [0.05, 0.1) is 25.4 Å². The van der Waals surface area contributed by atoms with Crippen LogP contribution in [0.5, 0.6) is 0 Å². The fraction of sp³-hybridized carbons (Fsp3) is 0.283. The van der Waals surface area contributed by atoms with Crippen molar-refractivity contribution in [1.82, 2.24) is 5.32 Å². The smallest absolute Gasteiger partial charge is 0.349 e. The molecule has 0 atom stereocenters. The van der Waals surface area contributed by atoms with Crippen LogP contribution in [0.3, 0.4) is 0 Å². The Bertz CT molecular complexity index is 2120. The lowest BCUT2D eigenvalue weighted by molar-refractivity contribution is -0.140. The number of amides is 1. The van der Waals surface area contributed by atoms with E-state index in [1.807, 2.05) is 91.0 Å². The maximum absolute atomic E-state index is 13.5. The Kier molecular flexibility index (Phi) is 14.8. The molecule has 5 aromatic rings. The summed E-state index contributed by atoms with van der Waals surface area (Å²) in [7, 11) is -2.83. The highest BCUT2D eigenvalue weighted by Gasteiger charge is 2.50. The van der Waals surface area contributed by atoms with E-state index >= 15 is 0 Å². The summed E-state index contributed by atoms with van der Waals surface area (Å²) >= 11 is 0. The molecule has 0 spiro atoms. The second-order valence-electron chi connectivity index (χ2n) is 14.2. The van der Waals surface area contributed by atoms with Gasteiger partial charge < -0.3 is 28.5 Å². The molecule has 4 aromatic carbocycles. The zero-order chi connectivity index (χ0) is 40.0. The summed E-state index contributed by atoms with van der Waals surface area (Å²) in [5.74, 6) is -1.06. The summed E-state index contributed by atoms with van der Waals surface area (Å²) in [6.07, 6.45) is 5.40. The summed E-state index contributed by atoms with van der Waals surface area (Å²) in [4.78, 5) is 41.1. The van der Waals surface area contributed by atoms with Crippen molar-refractivity contribution < 1.29 is 27.9 Å². The van der Waals surface area contributed by atoms with Crippen LogP contribution in [0.2, 0.25) is 5.04 Å². The van der Waals surface area contributed by atoms with E-state index in [-0.39, 0.29) is 43.6 Å². The van der Waals surface area contributed by atoms with Crippen molar-refractivity contribution in [1.29, 1.82) is 0 Å². The molecule has 0 unspecified atom stereocenters. The van der Waals surface area contributed by atoms with Crippen molar-refractivity contribution in [2.45, 2.75) is 39.7 Å². The monoisotopic (exact) mass is 772 g/mol. The van der Waals surface area contributed by atoms with Crippen molar-refractivity contribution in [2.24, 2.45) is 0 Å². The van der Waals surface area contributed by atoms with Gasteiger partial charge in [0.15, 0.2) is 0 Å². The molecule has 0 saturated carbocycles. The number of anilines is 1. The predicted octanol–water partition coefficient (Wildman–Crippen LogP) is 7.15. The number of fused-ring (bicyclic) bond motifs is 1. The largest absolute Gasteiger partial charge is 0.460 e. The van der Waals surface area contributed by atoms with Gasteiger partial charge in [-0.25, -0.2) is 9.59 Å². The minimum atomic E-state index is -2.83. The maximum Gasteiger partial charge on any atom is 0.349 e. The van der Waals surface area contributed by atoms with Crippen molar-refractivity contribution in [3.63, 3.8) is 0 Å². The van der Waals surface area contributed by atoms with Crippen molar-refractivity contribution in [3.8, 4) is 0 Å². The molecule has 0 aliphatic heterocycles. The molecular formula is C46H52N2O7Si. The number of hydrogen-bond donors (Lipinski definition) is 1. The Balaban J connectivity index is 1.19. The van der Waals surface area contributed by atoms with Gasteiger partial charge in [0, 0.05) is 36.8 Å². The Morgan fingerprint density at radius 1 is 0.804 bits per heavy atom. The van der Waals surface area contributed by atoms with E-state index in [4.69, 9.17) is 18.3 Å². The highest BCUT2D eigenvalue weighted by Crippen LogP contribution is 2.36. The fourth-order valence-electron chi connectivity index (χ4n) is 6.74. The number of benzene rings is 4. The summed E-state index contributed by atoms with van der Waals surface area (Å²) in [6.45, 7) is 13.0. The zero-order valence-corrected chi connectivity index (χ0v) is 34.0. The van der Waals surface area contributed by atoms with Gasteiger partial charge in [-0.3, -0.25) is 4.79 Å². The number of nitrogens with one attached hydrogen (secondary N) is 1. The number of hydrogen-bond acceptors (Lipinski definition) is 8. The first-order valence-corrected chi connectivity index (χ1v) is 21.0. The van der Waals surface area contributed by atoms with Gasteiger partial charge in [0.2, 0.25) is 0 Å². The van der Waals surface area contributed by atoms with Crippen LogP contribution >= 0.6 is 0 Å². The highest BCUT2D eigenvalue weighted by molar-refractivity contribution is 6.99. The predicted molar refractivity (Wildman–Crippen MR) is 227 cm³/mol. The molecule has 292 valence electrons. The standard InChI is InChI=1S/C46H52N2O7Si/c1-6-48(7-2)38-26-25-37-33-41(45(51)55-42(37)34-38)43(49)47-28-30-52-31-32-53-44(50)36(24-23-35-17-11-8-12-18-35)27-29-54-56(46(3,4)5,39-19-13-9-14-20-39)40-21-15-10-16-22-40/h8-27,33-34H,6-7,28-32H2,1-5H3,(H,47,49)/b24-23+,36-27+. The molecule has 0 saturated heterocycles. The zero-order valence-electron chi connectivity index (χ0n) is 33.0. The van der Waals surface area contributed by atoms with E-state index in [2.05, 4.69) is 69.1 Å². The summed E-state index contributed by atoms with van der Waals surface area (Å²) in [5, 5.41) is 5.43. The van der Waals surface area contributed by atoms with Gasteiger partial charge in [-0.2, -0.15) is 0 Å². The van der Waals surface area contributed by atoms with Crippen LogP contribution in [0.4, 0.5) is 5.69 Å². The summed E-state index contributed by atoms with van der Waals surface area (Å²) < 4.78 is 23.8. The Hall–Kier alpha value is -5.55. The molecule has 1 amide bonds. The topological polar surface area (TPSA) is 107 Å². The van der Waals surface area contributed by atoms with Crippen LogP contribution in [-0.4, -0.2) is 66.3 Å². The molecule has 0 aliphatic rings. The Morgan fingerprint density at radius 3 is 2.04 bits per heavy atom. The molecule has 0 bridgehead atoms. The molecule has 0 aliphatic carbocycles.